The van der Waals surface area contributed by atoms with Gasteiger partial charge in [-0.15, -0.1) is 0 Å². The van der Waals surface area contributed by atoms with E-state index in [4.69, 9.17) is 11.0 Å². The normalized spacial score (nSPS) is 16.9. The number of aromatic nitrogens is 1. The predicted molar refractivity (Wildman–Crippen MR) is 102 cm³/mol. The topological polar surface area (TPSA) is 33.0 Å². The van der Waals surface area contributed by atoms with Crippen molar-refractivity contribution < 1.29 is 4.43 Å². The second-order valence-corrected chi connectivity index (χ2v) is 12.7. The van der Waals surface area contributed by atoms with Crippen LogP contribution in [0.3, 0.4) is 0 Å². The number of hydrogen-bond acceptors (Lipinski definition) is 4. The summed E-state index contributed by atoms with van der Waals surface area (Å²) in [4.78, 5) is 12.5. The summed E-state index contributed by atoms with van der Waals surface area (Å²) in [6.45, 7) is 24.3. The number of piperazine rings is 1. The molecule has 132 valence electrons. The lowest BCUT2D eigenvalue weighted by molar-refractivity contribution is 0.190. The molecule has 5 nitrogen and oxygen atoms in total. The Balaban J connectivity index is 1.76. The monoisotopic (exact) mass is 346 g/mol. The molecule has 1 aliphatic heterocycles. The van der Waals surface area contributed by atoms with Gasteiger partial charge in [0, 0.05) is 45.5 Å². The number of hydrogen-bond donors (Lipinski definition) is 0. The molecule has 0 aromatic carbocycles. The van der Waals surface area contributed by atoms with Gasteiger partial charge in [-0.25, -0.2) is 4.85 Å². The van der Waals surface area contributed by atoms with Gasteiger partial charge in [0.15, 0.2) is 8.32 Å². The van der Waals surface area contributed by atoms with Crippen LogP contribution >= 0.6 is 0 Å². The van der Waals surface area contributed by atoms with Gasteiger partial charge < -0.3 is 9.33 Å². The van der Waals surface area contributed by atoms with E-state index >= 15 is 0 Å². The molecule has 2 heterocycles. The molecule has 1 aliphatic rings. The van der Waals surface area contributed by atoms with Gasteiger partial charge in [0.2, 0.25) is 5.69 Å². The second-order valence-electron chi connectivity index (χ2n) is 7.92. The standard InChI is InChI=1S/C18H30N4OSi/c1-18(2,3)24(5,6)23-14-13-21-9-11-22(12-10-21)17-8-7-16(19-4)15-20-17/h7-8,15H,9-14H2,1-3,5-6H3. The Morgan fingerprint density at radius 3 is 2.38 bits per heavy atom. The predicted octanol–water partition coefficient (Wildman–Crippen LogP) is 3.78. The Labute approximate surface area is 147 Å². The smallest absolute Gasteiger partial charge is 0.205 e. The molecule has 6 heteroatoms. The van der Waals surface area contributed by atoms with E-state index in [0.29, 0.717) is 5.69 Å². The summed E-state index contributed by atoms with van der Waals surface area (Å²) in [5.41, 5.74) is 0.597. The molecular formula is C18H30N4OSi. The van der Waals surface area contributed by atoms with Crippen molar-refractivity contribution in [2.24, 2.45) is 0 Å². The van der Waals surface area contributed by atoms with Crippen LogP contribution < -0.4 is 4.90 Å². The SMILES string of the molecule is [C-]#[N+]c1ccc(N2CCN(CCO[Si](C)(C)C(C)(C)C)CC2)nc1. The highest BCUT2D eigenvalue weighted by Gasteiger charge is 2.37. The fourth-order valence-corrected chi connectivity index (χ4v) is 3.51. The Morgan fingerprint density at radius 2 is 1.88 bits per heavy atom. The van der Waals surface area contributed by atoms with E-state index in [1.54, 1.807) is 6.20 Å². The molecule has 0 radical (unpaired) electrons. The van der Waals surface area contributed by atoms with Crippen molar-refractivity contribution in [3.63, 3.8) is 0 Å². The molecule has 1 aromatic heterocycles. The van der Waals surface area contributed by atoms with Gasteiger partial charge in [-0.2, -0.15) is 0 Å². The van der Waals surface area contributed by atoms with Crippen LogP contribution in [0.25, 0.3) is 4.85 Å². The van der Waals surface area contributed by atoms with Crippen LogP contribution in [-0.4, -0.2) is 57.5 Å². The van der Waals surface area contributed by atoms with Crippen LogP contribution in [0.4, 0.5) is 11.5 Å². The maximum absolute atomic E-state index is 6.99. The van der Waals surface area contributed by atoms with Crippen LogP contribution in [0.2, 0.25) is 18.1 Å². The molecule has 1 aromatic rings. The number of pyridine rings is 1. The zero-order chi connectivity index (χ0) is 17.8. The first-order valence-electron chi connectivity index (χ1n) is 8.68. The second kappa shape index (κ2) is 7.64. The van der Waals surface area contributed by atoms with Crippen molar-refractivity contribution in [2.75, 3.05) is 44.2 Å². The number of nitrogens with zero attached hydrogens (tertiary/aromatic N) is 4. The summed E-state index contributed by atoms with van der Waals surface area (Å²) in [6, 6.07) is 3.79. The highest BCUT2D eigenvalue weighted by Crippen LogP contribution is 2.36. The highest BCUT2D eigenvalue weighted by atomic mass is 28.4. The summed E-state index contributed by atoms with van der Waals surface area (Å²) in [5, 5.41) is 0.273. The van der Waals surface area contributed by atoms with E-state index in [1.165, 1.54) is 0 Å². The number of rotatable bonds is 5. The third-order valence-corrected chi connectivity index (χ3v) is 9.77. The Bertz CT molecular complexity index is 566. The van der Waals surface area contributed by atoms with Gasteiger partial charge in [0.1, 0.15) is 5.82 Å². The van der Waals surface area contributed by atoms with Gasteiger partial charge in [-0.3, -0.25) is 9.88 Å². The van der Waals surface area contributed by atoms with E-state index in [9.17, 15) is 0 Å². The van der Waals surface area contributed by atoms with E-state index in [1.807, 2.05) is 12.1 Å². The molecule has 24 heavy (non-hydrogen) atoms. The molecule has 1 fully saturated rings. The third kappa shape index (κ3) is 4.79. The summed E-state index contributed by atoms with van der Waals surface area (Å²) >= 11 is 0. The molecule has 0 N–H and O–H groups in total. The molecule has 2 rings (SSSR count). The third-order valence-electron chi connectivity index (χ3n) is 5.23. The molecule has 0 unspecified atom stereocenters. The minimum atomic E-state index is -1.64. The van der Waals surface area contributed by atoms with Gasteiger partial charge >= 0.3 is 0 Å². The van der Waals surface area contributed by atoms with Crippen LogP contribution in [0.1, 0.15) is 20.8 Å². The van der Waals surface area contributed by atoms with Crippen LogP contribution in [0.5, 0.6) is 0 Å². The molecule has 0 amide bonds. The van der Waals surface area contributed by atoms with Crippen molar-refractivity contribution in [1.29, 1.82) is 0 Å². The summed E-state index contributed by atoms with van der Waals surface area (Å²) < 4.78 is 6.28. The molecule has 0 bridgehead atoms. The Hall–Kier alpha value is -1.42. The minimum absolute atomic E-state index is 0.273. The summed E-state index contributed by atoms with van der Waals surface area (Å²) in [6.07, 6.45) is 1.65. The molecular weight excluding hydrogens is 316 g/mol. The van der Waals surface area contributed by atoms with Gasteiger partial charge in [0.25, 0.3) is 0 Å². The van der Waals surface area contributed by atoms with E-state index in [-0.39, 0.29) is 5.04 Å². The minimum Gasteiger partial charge on any atom is -0.416 e. The maximum Gasteiger partial charge on any atom is 0.205 e. The van der Waals surface area contributed by atoms with E-state index < -0.39 is 8.32 Å². The molecule has 1 saturated heterocycles. The summed E-state index contributed by atoms with van der Waals surface area (Å²) in [7, 11) is -1.64. The van der Waals surface area contributed by atoms with Crippen molar-refractivity contribution in [2.45, 2.75) is 38.9 Å². The van der Waals surface area contributed by atoms with Gasteiger partial charge in [-0.05, 0) is 24.2 Å². The molecule has 0 atom stereocenters. The Kier molecular flexibility index (Phi) is 6.02. The first kappa shape index (κ1) is 18.9. The van der Waals surface area contributed by atoms with Crippen molar-refractivity contribution in [3.05, 3.63) is 29.7 Å². The highest BCUT2D eigenvalue weighted by molar-refractivity contribution is 6.74. The first-order chi connectivity index (χ1) is 11.2. The van der Waals surface area contributed by atoms with Crippen LogP contribution in [0, 0.1) is 6.57 Å². The van der Waals surface area contributed by atoms with Gasteiger partial charge in [-0.1, -0.05) is 26.8 Å². The van der Waals surface area contributed by atoms with Crippen molar-refractivity contribution >= 4 is 19.8 Å². The molecule has 0 spiro atoms. The molecule has 0 aliphatic carbocycles. The van der Waals surface area contributed by atoms with Crippen LogP contribution in [-0.2, 0) is 4.43 Å². The van der Waals surface area contributed by atoms with Gasteiger partial charge in [0.05, 0.1) is 6.57 Å². The Morgan fingerprint density at radius 1 is 1.21 bits per heavy atom. The fraction of sp³-hybridized carbons (Fsp3) is 0.667. The lowest BCUT2D eigenvalue weighted by Crippen LogP contribution is -2.49. The largest absolute Gasteiger partial charge is 0.416 e. The van der Waals surface area contributed by atoms with E-state index in [0.717, 1.165) is 45.1 Å². The maximum atomic E-state index is 6.99. The van der Waals surface area contributed by atoms with Crippen LogP contribution in [0.15, 0.2) is 18.3 Å². The average molecular weight is 347 g/mol. The van der Waals surface area contributed by atoms with Crippen molar-refractivity contribution in [3.8, 4) is 0 Å². The fourth-order valence-electron chi connectivity index (χ4n) is 2.48. The van der Waals surface area contributed by atoms with E-state index in [2.05, 4.69) is 53.5 Å². The van der Waals surface area contributed by atoms with Crippen molar-refractivity contribution in [1.82, 2.24) is 9.88 Å². The summed E-state index contributed by atoms with van der Waals surface area (Å²) in [5.74, 6) is 0.972. The number of anilines is 1. The molecule has 0 saturated carbocycles. The zero-order valence-corrected chi connectivity index (χ0v) is 16.7. The quantitative estimate of drug-likeness (QED) is 0.600. The first-order valence-corrected chi connectivity index (χ1v) is 11.6. The average Bonchev–Trinajstić information content (AvgIpc) is 2.54. The zero-order valence-electron chi connectivity index (χ0n) is 15.7. The lowest BCUT2D eigenvalue weighted by Gasteiger charge is -2.38. The lowest BCUT2D eigenvalue weighted by atomic mass is 10.2.